The number of carboxylic acids is 1. The number of likely N-dealkylation sites (tertiary alicyclic amines) is 1. The first kappa shape index (κ1) is 20.2. The van der Waals surface area contributed by atoms with E-state index in [-0.39, 0.29) is 0 Å². The summed E-state index contributed by atoms with van der Waals surface area (Å²) in [6.07, 6.45) is 0.733. The maximum absolute atomic E-state index is 12.9. The topological polar surface area (TPSA) is 81.2 Å². The lowest BCUT2D eigenvalue weighted by Crippen LogP contribution is -2.51. The van der Waals surface area contributed by atoms with E-state index in [0.717, 1.165) is 11.3 Å². The Labute approximate surface area is 165 Å². The van der Waals surface area contributed by atoms with Gasteiger partial charge in [-0.2, -0.15) is 0 Å². The van der Waals surface area contributed by atoms with Crippen molar-refractivity contribution in [3.8, 4) is 0 Å². The summed E-state index contributed by atoms with van der Waals surface area (Å²) in [5.41, 5.74) is 1.32. The fourth-order valence-corrected chi connectivity index (χ4v) is 3.96. The predicted molar refractivity (Wildman–Crippen MR) is 106 cm³/mol. The molecule has 1 fully saturated rings. The van der Waals surface area contributed by atoms with Gasteiger partial charge in [-0.1, -0.05) is 18.2 Å². The van der Waals surface area contributed by atoms with Crippen molar-refractivity contribution in [3.63, 3.8) is 0 Å². The zero-order valence-electron chi connectivity index (χ0n) is 16.9. The quantitative estimate of drug-likeness (QED) is 0.785. The molecule has 3 rings (SSSR count). The van der Waals surface area contributed by atoms with E-state index in [1.54, 1.807) is 11.8 Å². The standard InChI is InChI=1S/C21H29N3O4/c1-15(2)24-13-12-23(14-16-6-4-5-7-17(16)24)19(26)18(25)22-10-8-21(3,9-11-22)20(27)28/h4-7,15H,8-14H2,1-3H3,(H,27,28). The van der Waals surface area contributed by atoms with Crippen LogP contribution < -0.4 is 4.90 Å². The molecular weight excluding hydrogens is 358 g/mol. The van der Waals surface area contributed by atoms with Crippen LogP contribution in [0.2, 0.25) is 0 Å². The highest BCUT2D eigenvalue weighted by Crippen LogP contribution is 2.31. The van der Waals surface area contributed by atoms with Crippen LogP contribution >= 0.6 is 0 Å². The maximum Gasteiger partial charge on any atom is 0.312 e. The highest BCUT2D eigenvalue weighted by Gasteiger charge is 2.40. The van der Waals surface area contributed by atoms with Gasteiger partial charge in [-0.3, -0.25) is 14.4 Å². The van der Waals surface area contributed by atoms with Gasteiger partial charge in [0.1, 0.15) is 0 Å². The van der Waals surface area contributed by atoms with E-state index in [0.29, 0.717) is 51.6 Å². The molecule has 2 aliphatic rings. The van der Waals surface area contributed by atoms with E-state index in [2.05, 4.69) is 24.8 Å². The molecule has 2 heterocycles. The number of benzene rings is 1. The van der Waals surface area contributed by atoms with Gasteiger partial charge in [0.25, 0.3) is 0 Å². The monoisotopic (exact) mass is 387 g/mol. The number of carboxylic acid groups (broad SMARTS) is 1. The molecule has 7 nitrogen and oxygen atoms in total. The van der Waals surface area contributed by atoms with Gasteiger partial charge in [-0.25, -0.2) is 0 Å². The van der Waals surface area contributed by atoms with E-state index in [1.807, 2.05) is 18.2 Å². The van der Waals surface area contributed by atoms with Crippen LogP contribution in [0.4, 0.5) is 5.69 Å². The summed E-state index contributed by atoms with van der Waals surface area (Å²) < 4.78 is 0. The number of carbonyl (C=O) groups excluding carboxylic acids is 2. The number of hydrogen-bond acceptors (Lipinski definition) is 4. The Kier molecular flexibility index (Phi) is 5.63. The first-order chi connectivity index (χ1) is 13.2. The Bertz CT molecular complexity index is 769. The molecule has 28 heavy (non-hydrogen) atoms. The highest BCUT2D eigenvalue weighted by atomic mass is 16.4. The number of piperidine rings is 1. The molecule has 0 aromatic heterocycles. The minimum Gasteiger partial charge on any atom is -0.481 e. The SMILES string of the molecule is CC(C)N1CCN(C(=O)C(=O)N2CCC(C)(C(=O)O)CC2)Cc2ccccc21. The Morgan fingerprint density at radius 2 is 1.57 bits per heavy atom. The summed E-state index contributed by atoms with van der Waals surface area (Å²) in [6.45, 7) is 8.10. The number of fused-ring (bicyclic) bond motifs is 1. The second-order valence-corrected chi connectivity index (χ2v) is 8.30. The van der Waals surface area contributed by atoms with Crippen LogP contribution in [-0.4, -0.2) is 64.9 Å². The molecule has 7 heteroatoms. The first-order valence-corrected chi connectivity index (χ1v) is 9.89. The molecule has 2 aliphatic heterocycles. The number of carbonyl (C=O) groups is 3. The number of nitrogens with zero attached hydrogens (tertiary/aromatic N) is 3. The Morgan fingerprint density at radius 1 is 0.964 bits per heavy atom. The average molecular weight is 387 g/mol. The molecule has 1 N–H and O–H groups in total. The lowest BCUT2D eigenvalue weighted by atomic mass is 9.80. The molecule has 0 saturated carbocycles. The van der Waals surface area contributed by atoms with Crippen LogP contribution in [-0.2, 0) is 20.9 Å². The first-order valence-electron chi connectivity index (χ1n) is 9.89. The number of anilines is 1. The molecule has 0 unspecified atom stereocenters. The normalized spacial score (nSPS) is 19.2. The third-order valence-electron chi connectivity index (χ3n) is 6.04. The van der Waals surface area contributed by atoms with Crippen molar-refractivity contribution < 1.29 is 19.5 Å². The number of rotatable bonds is 2. The molecule has 2 amide bonds. The van der Waals surface area contributed by atoms with Crippen molar-refractivity contribution in [1.82, 2.24) is 9.80 Å². The fourth-order valence-electron chi connectivity index (χ4n) is 3.96. The van der Waals surface area contributed by atoms with Crippen LogP contribution in [0.3, 0.4) is 0 Å². The lowest BCUT2D eigenvalue weighted by Gasteiger charge is -2.36. The van der Waals surface area contributed by atoms with E-state index < -0.39 is 23.2 Å². The van der Waals surface area contributed by atoms with Crippen LogP contribution in [0.5, 0.6) is 0 Å². The molecular formula is C21H29N3O4. The molecule has 0 aliphatic carbocycles. The Balaban J connectivity index is 1.71. The summed E-state index contributed by atoms with van der Waals surface area (Å²) in [5.74, 6) is -1.87. The van der Waals surface area contributed by atoms with Crippen LogP contribution in [0, 0.1) is 5.41 Å². The van der Waals surface area contributed by atoms with E-state index in [4.69, 9.17) is 0 Å². The highest BCUT2D eigenvalue weighted by molar-refractivity contribution is 6.34. The molecule has 152 valence electrons. The molecule has 0 atom stereocenters. The summed E-state index contributed by atoms with van der Waals surface area (Å²) in [6, 6.07) is 8.29. The van der Waals surface area contributed by atoms with Gasteiger partial charge in [0, 0.05) is 44.5 Å². The summed E-state index contributed by atoms with van der Waals surface area (Å²) in [4.78, 5) is 42.5. The van der Waals surface area contributed by atoms with Crippen LogP contribution in [0.1, 0.15) is 39.2 Å². The van der Waals surface area contributed by atoms with Crippen LogP contribution in [0.25, 0.3) is 0 Å². The smallest absolute Gasteiger partial charge is 0.312 e. The Hall–Kier alpha value is -2.57. The molecule has 0 spiro atoms. The molecule has 1 aromatic rings. The van der Waals surface area contributed by atoms with Crippen molar-refractivity contribution in [2.45, 2.75) is 46.2 Å². The van der Waals surface area contributed by atoms with Gasteiger partial charge < -0.3 is 19.8 Å². The fraction of sp³-hybridized carbons (Fsp3) is 0.571. The second-order valence-electron chi connectivity index (χ2n) is 8.30. The third kappa shape index (κ3) is 3.84. The number of hydrogen-bond donors (Lipinski definition) is 1. The minimum atomic E-state index is -0.844. The van der Waals surface area contributed by atoms with E-state index in [9.17, 15) is 19.5 Å². The van der Waals surface area contributed by atoms with Crippen molar-refractivity contribution in [1.29, 1.82) is 0 Å². The van der Waals surface area contributed by atoms with Gasteiger partial charge in [-0.05, 0) is 45.2 Å². The van der Waals surface area contributed by atoms with Crippen molar-refractivity contribution >= 4 is 23.5 Å². The van der Waals surface area contributed by atoms with Crippen molar-refractivity contribution in [2.24, 2.45) is 5.41 Å². The zero-order valence-corrected chi connectivity index (χ0v) is 16.9. The van der Waals surface area contributed by atoms with Crippen LogP contribution in [0.15, 0.2) is 24.3 Å². The number of para-hydroxylation sites is 1. The average Bonchev–Trinajstić information content (AvgIpc) is 2.87. The maximum atomic E-state index is 12.9. The lowest BCUT2D eigenvalue weighted by molar-refractivity contribution is -0.157. The second kappa shape index (κ2) is 7.81. The summed E-state index contributed by atoms with van der Waals surface area (Å²) in [5, 5.41) is 9.35. The predicted octanol–water partition coefficient (Wildman–Crippen LogP) is 1.96. The largest absolute Gasteiger partial charge is 0.481 e. The van der Waals surface area contributed by atoms with Gasteiger partial charge in [0.2, 0.25) is 0 Å². The molecule has 1 saturated heterocycles. The van der Waals surface area contributed by atoms with E-state index >= 15 is 0 Å². The summed E-state index contributed by atoms with van der Waals surface area (Å²) in [7, 11) is 0. The Morgan fingerprint density at radius 3 is 2.18 bits per heavy atom. The van der Waals surface area contributed by atoms with Gasteiger partial charge in [0.05, 0.1) is 5.41 Å². The van der Waals surface area contributed by atoms with Gasteiger partial charge in [0.15, 0.2) is 0 Å². The third-order valence-corrected chi connectivity index (χ3v) is 6.04. The van der Waals surface area contributed by atoms with E-state index in [1.165, 1.54) is 4.90 Å². The molecule has 0 radical (unpaired) electrons. The summed E-state index contributed by atoms with van der Waals surface area (Å²) >= 11 is 0. The van der Waals surface area contributed by atoms with Gasteiger partial charge in [-0.15, -0.1) is 0 Å². The van der Waals surface area contributed by atoms with Crippen molar-refractivity contribution in [3.05, 3.63) is 29.8 Å². The number of amides is 2. The number of aliphatic carboxylic acids is 1. The van der Waals surface area contributed by atoms with Gasteiger partial charge >= 0.3 is 17.8 Å². The van der Waals surface area contributed by atoms with Crippen molar-refractivity contribution in [2.75, 3.05) is 31.1 Å². The zero-order chi connectivity index (χ0) is 20.5. The molecule has 0 bridgehead atoms. The molecule has 1 aromatic carbocycles. The minimum absolute atomic E-state index is 0.294.